The van der Waals surface area contributed by atoms with Crippen LogP contribution in [-0.2, 0) is 11.3 Å². The molecule has 3 amide bonds. The lowest BCUT2D eigenvalue weighted by Crippen LogP contribution is -2.56. The topological polar surface area (TPSA) is 60.0 Å². The Kier molecular flexibility index (Phi) is 6.62. The van der Waals surface area contributed by atoms with Crippen LogP contribution in [0.4, 0.5) is 16.2 Å². The van der Waals surface area contributed by atoms with Crippen LogP contribution in [0.15, 0.2) is 72.9 Å². The first-order valence-electron chi connectivity index (χ1n) is 13.8. The van der Waals surface area contributed by atoms with Crippen molar-refractivity contribution >= 4 is 23.3 Å². The van der Waals surface area contributed by atoms with Crippen LogP contribution in [0.2, 0.25) is 0 Å². The lowest BCUT2D eigenvalue weighted by atomic mass is 9.85. The standard InChI is InChI=1S/C31H35N5O2/c1-2-35-30(38)36(27-14-10-25(11-15-27)28-7-3-4-18-32-28)29(37)31(35)16-21-33(22-17-31)23-24-8-12-26(13-9-24)34-19-5-6-20-34/h3-4,7-15,18H,2,5-6,16-17,19-23H2,1H3. The molecule has 3 aliphatic heterocycles. The Labute approximate surface area is 224 Å². The van der Waals surface area contributed by atoms with Crippen molar-refractivity contribution in [3.05, 3.63) is 78.5 Å². The van der Waals surface area contributed by atoms with Gasteiger partial charge in [-0.15, -0.1) is 0 Å². The van der Waals surface area contributed by atoms with E-state index in [1.54, 1.807) is 11.1 Å². The minimum atomic E-state index is -0.762. The summed E-state index contributed by atoms with van der Waals surface area (Å²) in [6.07, 6.45) is 5.62. The summed E-state index contributed by atoms with van der Waals surface area (Å²) < 4.78 is 0. The Bertz CT molecular complexity index is 1280. The predicted molar refractivity (Wildman–Crippen MR) is 150 cm³/mol. The molecular weight excluding hydrogens is 474 g/mol. The summed E-state index contributed by atoms with van der Waals surface area (Å²) in [4.78, 5) is 39.8. The second-order valence-electron chi connectivity index (χ2n) is 10.6. The van der Waals surface area contributed by atoms with Crippen molar-refractivity contribution in [2.24, 2.45) is 0 Å². The SMILES string of the molecule is CCN1C(=O)N(c2ccc(-c3ccccn3)cc2)C(=O)C12CCN(Cc1ccc(N3CCCC3)cc1)CC2. The Morgan fingerprint density at radius 3 is 2.13 bits per heavy atom. The number of carbonyl (C=O) groups excluding carboxylic acids is 2. The third kappa shape index (κ3) is 4.35. The fourth-order valence-electron chi connectivity index (χ4n) is 6.31. The number of imide groups is 1. The van der Waals surface area contributed by atoms with Crippen molar-refractivity contribution in [1.29, 1.82) is 0 Å². The Hall–Kier alpha value is -3.71. The van der Waals surface area contributed by atoms with E-state index in [9.17, 15) is 9.59 Å². The predicted octanol–water partition coefficient (Wildman–Crippen LogP) is 5.17. The molecule has 1 spiro atoms. The van der Waals surface area contributed by atoms with Gasteiger partial charge in [0.1, 0.15) is 5.54 Å². The van der Waals surface area contributed by atoms with Gasteiger partial charge < -0.3 is 9.80 Å². The quantitative estimate of drug-likeness (QED) is 0.429. The number of urea groups is 1. The number of hydrogen-bond acceptors (Lipinski definition) is 5. The molecule has 196 valence electrons. The number of likely N-dealkylation sites (tertiary alicyclic amines) is 1. The minimum Gasteiger partial charge on any atom is -0.372 e. The molecule has 7 nitrogen and oxygen atoms in total. The van der Waals surface area contributed by atoms with E-state index in [2.05, 4.69) is 39.0 Å². The summed E-state index contributed by atoms with van der Waals surface area (Å²) in [5.74, 6) is -0.0930. The van der Waals surface area contributed by atoms with Gasteiger partial charge in [0.25, 0.3) is 5.91 Å². The number of rotatable bonds is 6. The fourth-order valence-corrected chi connectivity index (χ4v) is 6.31. The van der Waals surface area contributed by atoms with E-state index in [-0.39, 0.29) is 11.9 Å². The molecule has 0 atom stereocenters. The maximum absolute atomic E-state index is 13.9. The van der Waals surface area contributed by atoms with Crippen molar-refractivity contribution in [3.63, 3.8) is 0 Å². The highest BCUT2D eigenvalue weighted by atomic mass is 16.2. The zero-order chi connectivity index (χ0) is 26.1. The highest BCUT2D eigenvalue weighted by molar-refractivity contribution is 6.23. The van der Waals surface area contributed by atoms with E-state index in [0.717, 1.165) is 44.0 Å². The van der Waals surface area contributed by atoms with Gasteiger partial charge in [-0.05, 0) is 74.6 Å². The van der Waals surface area contributed by atoms with Gasteiger partial charge in [-0.25, -0.2) is 9.69 Å². The van der Waals surface area contributed by atoms with Crippen LogP contribution in [0.3, 0.4) is 0 Å². The third-order valence-electron chi connectivity index (χ3n) is 8.44. The van der Waals surface area contributed by atoms with Crippen LogP contribution < -0.4 is 9.80 Å². The van der Waals surface area contributed by atoms with Crippen molar-refractivity contribution in [3.8, 4) is 11.3 Å². The highest BCUT2D eigenvalue weighted by Gasteiger charge is 2.57. The highest BCUT2D eigenvalue weighted by Crippen LogP contribution is 2.40. The Morgan fingerprint density at radius 1 is 0.816 bits per heavy atom. The summed E-state index contributed by atoms with van der Waals surface area (Å²) in [6, 6.07) is 22.1. The van der Waals surface area contributed by atoms with Gasteiger partial charge in [-0.3, -0.25) is 14.7 Å². The second kappa shape index (κ2) is 10.2. The molecule has 2 aromatic carbocycles. The van der Waals surface area contributed by atoms with E-state index in [1.807, 2.05) is 49.4 Å². The molecule has 0 saturated carbocycles. The molecule has 0 bridgehead atoms. The number of piperidine rings is 1. The lowest BCUT2D eigenvalue weighted by Gasteiger charge is -2.41. The van der Waals surface area contributed by atoms with Crippen molar-refractivity contribution in [2.45, 2.75) is 44.7 Å². The molecule has 0 N–H and O–H groups in total. The molecule has 3 aliphatic rings. The molecule has 6 rings (SSSR count). The number of aromatic nitrogens is 1. The summed E-state index contributed by atoms with van der Waals surface area (Å²) >= 11 is 0. The maximum Gasteiger partial charge on any atom is 0.332 e. The molecule has 0 unspecified atom stereocenters. The number of anilines is 2. The molecule has 4 heterocycles. The first-order chi connectivity index (χ1) is 18.6. The third-order valence-corrected chi connectivity index (χ3v) is 8.44. The summed E-state index contributed by atoms with van der Waals surface area (Å²) in [7, 11) is 0. The van der Waals surface area contributed by atoms with Crippen LogP contribution in [0.1, 0.15) is 38.2 Å². The summed E-state index contributed by atoms with van der Waals surface area (Å²) in [6.45, 7) is 7.23. The molecule has 0 aliphatic carbocycles. The van der Waals surface area contributed by atoms with E-state index < -0.39 is 5.54 Å². The van der Waals surface area contributed by atoms with Gasteiger partial charge in [-0.2, -0.15) is 0 Å². The van der Waals surface area contributed by atoms with E-state index in [1.165, 1.54) is 29.0 Å². The van der Waals surface area contributed by atoms with Gasteiger partial charge in [0, 0.05) is 56.7 Å². The van der Waals surface area contributed by atoms with Gasteiger partial charge in [0.15, 0.2) is 0 Å². The number of likely N-dealkylation sites (N-methyl/N-ethyl adjacent to an activating group) is 1. The monoisotopic (exact) mass is 509 g/mol. The molecule has 1 aromatic heterocycles. The average molecular weight is 510 g/mol. The molecule has 3 fully saturated rings. The zero-order valence-corrected chi connectivity index (χ0v) is 22.1. The van der Waals surface area contributed by atoms with Gasteiger partial charge in [0.2, 0.25) is 0 Å². The molecule has 38 heavy (non-hydrogen) atoms. The van der Waals surface area contributed by atoms with Crippen molar-refractivity contribution in [2.75, 3.05) is 42.5 Å². The fraction of sp³-hybridized carbons (Fsp3) is 0.387. The van der Waals surface area contributed by atoms with Crippen molar-refractivity contribution < 1.29 is 9.59 Å². The first kappa shape index (κ1) is 24.6. The first-order valence-corrected chi connectivity index (χ1v) is 13.8. The number of pyridine rings is 1. The van der Waals surface area contributed by atoms with Gasteiger partial charge in [0.05, 0.1) is 11.4 Å². The van der Waals surface area contributed by atoms with Crippen LogP contribution >= 0.6 is 0 Å². The van der Waals surface area contributed by atoms with Gasteiger partial charge >= 0.3 is 6.03 Å². The molecule has 3 saturated heterocycles. The zero-order valence-electron chi connectivity index (χ0n) is 22.1. The molecular formula is C31H35N5O2. The Morgan fingerprint density at radius 2 is 1.50 bits per heavy atom. The lowest BCUT2D eigenvalue weighted by molar-refractivity contribution is -0.127. The van der Waals surface area contributed by atoms with Gasteiger partial charge in [-0.1, -0.05) is 30.3 Å². The number of carbonyl (C=O) groups is 2. The van der Waals surface area contributed by atoms with E-state index in [4.69, 9.17) is 0 Å². The largest absolute Gasteiger partial charge is 0.372 e. The number of amides is 3. The normalized spacial score (nSPS) is 19.7. The maximum atomic E-state index is 13.9. The van der Waals surface area contributed by atoms with Crippen LogP contribution in [0.5, 0.6) is 0 Å². The molecule has 0 radical (unpaired) electrons. The summed E-state index contributed by atoms with van der Waals surface area (Å²) in [5.41, 5.74) is 4.28. The molecule has 3 aromatic rings. The van der Waals surface area contributed by atoms with Crippen LogP contribution in [0.25, 0.3) is 11.3 Å². The van der Waals surface area contributed by atoms with Crippen molar-refractivity contribution in [1.82, 2.24) is 14.8 Å². The minimum absolute atomic E-state index is 0.0930. The smallest absolute Gasteiger partial charge is 0.332 e. The number of hydrogen-bond donors (Lipinski definition) is 0. The van der Waals surface area contributed by atoms with E-state index in [0.29, 0.717) is 25.1 Å². The second-order valence-corrected chi connectivity index (χ2v) is 10.6. The number of benzene rings is 2. The Balaban J connectivity index is 1.14. The molecule has 7 heteroatoms. The van der Waals surface area contributed by atoms with Crippen LogP contribution in [-0.4, -0.2) is 65.0 Å². The summed E-state index contributed by atoms with van der Waals surface area (Å²) in [5, 5.41) is 0. The number of nitrogens with zero attached hydrogens (tertiary/aromatic N) is 5. The average Bonchev–Trinajstić information content (AvgIpc) is 3.57. The van der Waals surface area contributed by atoms with E-state index >= 15 is 0 Å². The van der Waals surface area contributed by atoms with Crippen LogP contribution in [0, 0.1) is 0 Å².